The molecule has 0 bridgehead atoms. The molecule has 1 aliphatic rings. The Bertz CT molecular complexity index is 566. The van der Waals surface area contributed by atoms with Crippen molar-refractivity contribution in [3.63, 3.8) is 0 Å². The first kappa shape index (κ1) is 18.7. The first-order chi connectivity index (χ1) is 11.3. The highest BCUT2D eigenvalue weighted by Crippen LogP contribution is 2.25. The summed E-state index contributed by atoms with van der Waals surface area (Å²) in [5, 5.41) is 6.12. The molecule has 1 fully saturated rings. The molecule has 2 rings (SSSR count). The van der Waals surface area contributed by atoms with Crippen LogP contribution in [-0.4, -0.2) is 50.3 Å². The van der Waals surface area contributed by atoms with Gasteiger partial charge in [-0.3, -0.25) is 0 Å². The molecule has 24 heavy (non-hydrogen) atoms. The first-order valence-corrected chi connectivity index (χ1v) is 8.71. The zero-order chi connectivity index (χ0) is 17.7. The van der Waals surface area contributed by atoms with Gasteiger partial charge < -0.3 is 20.3 Å². The molecule has 0 aliphatic carbocycles. The summed E-state index contributed by atoms with van der Waals surface area (Å²) >= 11 is 0. The van der Waals surface area contributed by atoms with E-state index in [1.54, 1.807) is 0 Å². The molecule has 1 aromatic rings. The molecule has 2 amide bonds. The highest BCUT2D eigenvalue weighted by atomic mass is 16.5. The molecule has 0 aromatic heterocycles. The van der Waals surface area contributed by atoms with Gasteiger partial charge in [0, 0.05) is 25.3 Å². The van der Waals surface area contributed by atoms with Gasteiger partial charge in [-0.1, -0.05) is 23.8 Å². The molecule has 5 nitrogen and oxygen atoms in total. The summed E-state index contributed by atoms with van der Waals surface area (Å²) in [5.74, 6) is 0. The van der Waals surface area contributed by atoms with E-state index in [1.165, 1.54) is 16.7 Å². The number of hydrogen-bond donors (Lipinski definition) is 2. The number of hydrogen-bond acceptors (Lipinski definition) is 3. The molecule has 0 spiro atoms. The van der Waals surface area contributed by atoms with Gasteiger partial charge in [0.1, 0.15) is 0 Å². The fourth-order valence-electron chi connectivity index (χ4n) is 3.33. The molecule has 2 N–H and O–H groups in total. The minimum Gasteiger partial charge on any atom is -0.381 e. The number of amides is 2. The van der Waals surface area contributed by atoms with Crippen LogP contribution >= 0.6 is 0 Å². The Morgan fingerprint density at radius 2 is 1.96 bits per heavy atom. The number of urea groups is 1. The van der Waals surface area contributed by atoms with Crippen molar-refractivity contribution >= 4 is 6.03 Å². The summed E-state index contributed by atoms with van der Waals surface area (Å²) in [6.07, 6.45) is 1.87. The van der Waals surface area contributed by atoms with Crippen molar-refractivity contribution in [3.05, 3.63) is 34.9 Å². The second-order valence-electron chi connectivity index (χ2n) is 7.14. The Morgan fingerprint density at radius 1 is 1.29 bits per heavy atom. The molecular formula is C19H31N3O2. The molecule has 0 radical (unpaired) electrons. The predicted molar refractivity (Wildman–Crippen MR) is 97.3 cm³/mol. The molecular weight excluding hydrogens is 302 g/mol. The van der Waals surface area contributed by atoms with Gasteiger partial charge in [0.25, 0.3) is 0 Å². The Hall–Kier alpha value is -1.59. The lowest BCUT2D eigenvalue weighted by atomic mass is 9.88. The molecule has 0 unspecified atom stereocenters. The Balaban J connectivity index is 1.93. The van der Waals surface area contributed by atoms with Crippen LogP contribution < -0.4 is 10.6 Å². The SMILES string of the molecule is Cc1ccc(C)c([C@@H](C)NC(=O)NCC2(N(C)C)CCOCC2)c1. The van der Waals surface area contributed by atoms with Gasteiger partial charge >= 0.3 is 6.03 Å². The fourth-order valence-corrected chi connectivity index (χ4v) is 3.33. The largest absolute Gasteiger partial charge is 0.381 e. The monoisotopic (exact) mass is 333 g/mol. The van der Waals surface area contributed by atoms with Crippen molar-refractivity contribution in [2.45, 2.75) is 45.2 Å². The average Bonchev–Trinajstić information content (AvgIpc) is 2.56. The zero-order valence-electron chi connectivity index (χ0n) is 15.6. The van der Waals surface area contributed by atoms with Crippen molar-refractivity contribution in [1.82, 2.24) is 15.5 Å². The number of ether oxygens (including phenoxy) is 1. The maximum absolute atomic E-state index is 12.4. The minimum atomic E-state index is -0.115. The summed E-state index contributed by atoms with van der Waals surface area (Å²) in [5.41, 5.74) is 3.55. The van der Waals surface area contributed by atoms with Gasteiger partial charge in [0.05, 0.1) is 6.04 Å². The highest BCUT2D eigenvalue weighted by molar-refractivity contribution is 5.74. The maximum Gasteiger partial charge on any atom is 0.315 e. The van der Waals surface area contributed by atoms with E-state index in [4.69, 9.17) is 4.74 Å². The van der Waals surface area contributed by atoms with E-state index in [1.807, 2.05) is 6.92 Å². The van der Waals surface area contributed by atoms with E-state index in [2.05, 4.69) is 61.7 Å². The molecule has 1 aliphatic heterocycles. The standard InChI is InChI=1S/C19H31N3O2/c1-14-6-7-15(2)17(12-14)16(3)21-18(23)20-13-19(22(4)5)8-10-24-11-9-19/h6-7,12,16H,8-11,13H2,1-5H3,(H2,20,21,23)/t16-/m1/s1. The minimum absolute atomic E-state index is 0.0158. The number of aryl methyl sites for hydroxylation is 2. The molecule has 1 aromatic carbocycles. The van der Waals surface area contributed by atoms with Gasteiger partial charge in [-0.2, -0.15) is 0 Å². The van der Waals surface area contributed by atoms with E-state index in [-0.39, 0.29) is 17.6 Å². The quantitative estimate of drug-likeness (QED) is 0.871. The third kappa shape index (κ3) is 4.48. The van der Waals surface area contributed by atoms with E-state index in [0.717, 1.165) is 26.1 Å². The predicted octanol–water partition coefficient (Wildman–Crippen LogP) is 2.77. The topological polar surface area (TPSA) is 53.6 Å². The number of carbonyl (C=O) groups is 1. The molecule has 1 saturated heterocycles. The summed E-state index contributed by atoms with van der Waals surface area (Å²) in [6.45, 7) is 8.31. The Morgan fingerprint density at radius 3 is 2.58 bits per heavy atom. The molecule has 0 saturated carbocycles. The summed E-state index contributed by atoms with van der Waals surface area (Å²) in [4.78, 5) is 14.6. The lowest BCUT2D eigenvalue weighted by molar-refractivity contribution is -0.00574. The summed E-state index contributed by atoms with van der Waals surface area (Å²) in [6, 6.07) is 6.20. The Kier molecular flexibility index (Phi) is 6.24. The number of rotatable bonds is 5. The molecule has 1 atom stereocenters. The number of carbonyl (C=O) groups excluding carboxylic acids is 1. The number of nitrogens with one attached hydrogen (secondary N) is 2. The van der Waals surface area contributed by atoms with E-state index in [9.17, 15) is 4.79 Å². The second kappa shape index (κ2) is 7.99. The number of benzene rings is 1. The molecule has 5 heteroatoms. The fraction of sp³-hybridized carbons (Fsp3) is 0.632. The maximum atomic E-state index is 12.4. The van der Waals surface area contributed by atoms with Crippen LogP contribution in [0.1, 0.15) is 42.5 Å². The van der Waals surface area contributed by atoms with Crippen molar-refractivity contribution < 1.29 is 9.53 Å². The van der Waals surface area contributed by atoms with E-state index >= 15 is 0 Å². The summed E-state index contributed by atoms with van der Waals surface area (Å²) in [7, 11) is 4.15. The number of nitrogens with zero attached hydrogens (tertiary/aromatic N) is 1. The van der Waals surface area contributed by atoms with Crippen LogP contribution in [0.5, 0.6) is 0 Å². The lowest BCUT2D eigenvalue weighted by Gasteiger charge is -2.42. The smallest absolute Gasteiger partial charge is 0.315 e. The highest BCUT2D eigenvalue weighted by Gasteiger charge is 2.35. The van der Waals surface area contributed by atoms with Gasteiger partial charge in [-0.15, -0.1) is 0 Å². The average molecular weight is 333 g/mol. The number of likely N-dealkylation sites (N-methyl/N-ethyl adjacent to an activating group) is 1. The van der Waals surface area contributed by atoms with Crippen LogP contribution in [0.2, 0.25) is 0 Å². The van der Waals surface area contributed by atoms with Crippen LogP contribution in [0.25, 0.3) is 0 Å². The van der Waals surface area contributed by atoms with Crippen molar-refractivity contribution in [3.8, 4) is 0 Å². The normalized spacial score (nSPS) is 18.2. The van der Waals surface area contributed by atoms with Crippen molar-refractivity contribution in [2.24, 2.45) is 0 Å². The van der Waals surface area contributed by atoms with Crippen LogP contribution in [0.3, 0.4) is 0 Å². The third-order valence-corrected chi connectivity index (χ3v) is 5.20. The van der Waals surface area contributed by atoms with E-state index < -0.39 is 0 Å². The van der Waals surface area contributed by atoms with Gasteiger partial charge in [-0.25, -0.2) is 4.79 Å². The van der Waals surface area contributed by atoms with E-state index in [0.29, 0.717) is 6.54 Å². The second-order valence-corrected chi connectivity index (χ2v) is 7.14. The van der Waals surface area contributed by atoms with Gasteiger partial charge in [0.2, 0.25) is 0 Å². The van der Waals surface area contributed by atoms with Gasteiger partial charge in [0.15, 0.2) is 0 Å². The van der Waals surface area contributed by atoms with Crippen molar-refractivity contribution in [1.29, 1.82) is 0 Å². The van der Waals surface area contributed by atoms with Crippen molar-refractivity contribution in [2.75, 3.05) is 33.9 Å². The first-order valence-electron chi connectivity index (χ1n) is 8.71. The molecule has 134 valence electrons. The van der Waals surface area contributed by atoms with Crippen LogP contribution in [0.15, 0.2) is 18.2 Å². The molecule has 1 heterocycles. The Labute approximate surface area is 145 Å². The van der Waals surface area contributed by atoms with Crippen LogP contribution in [0, 0.1) is 13.8 Å². The van der Waals surface area contributed by atoms with Crippen LogP contribution in [-0.2, 0) is 4.74 Å². The summed E-state index contributed by atoms with van der Waals surface area (Å²) < 4.78 is 5.47. The lowest BCUT2D eigenvalue weighted by Crippen LogP contribution is -2.56. The van der Waals surface area contributed by atoms with Crippen LogP contribution in [0.4, 0.5) is 4.79 Å². The zero-order valence-corrected chi connectivity index (χ0v) is 15.6. The third-order valence-electron chi connectivity index (χ3n) is 5.20. The van der Waals surface area contributed by atoms with Gasteiger partial charge in [-0.05, 0) is 58.8 Å².